The van der Waals surface area contributed by atoms with Crippen LogP contribution in [0.15, 0.2) is 48.5 Å². The molecule has 2 aromatic rings. The molecule has 0 bridgehead atoms. The largest absolute Gasteiger partial charge is 0.416 e. The van der Waals surface area contributed by atoms with Gasteiger partial charge >= 0.3 is 6.18 Å². The molecule has 0 saturated heterocycles. The van der Waals surface area contributed by atoms with E-state index in [4.69, 9.17) is 0 Å². The number of alkyl halides is 3. The number of aryl methyl sites for hydroxylation is 1. The van der Waals surface area contributed by atoms with Crippen molar-refractivity contribution in [2.75, 3.05) is 16.8 Å². The Kier molecular flexibility index (Phi) is 6.02. The van der Waals surface area contributed by atoms with Crippen molar-refractivity contribution < 1.29 is 22.8 Å². The Balaban J connectivity index is 2.12. The van der Waals surface area contributed by atoms with Crippen molar-refractivity contribution in [1.29, 1.82) is 0 Å². The lowest BCUT2D eigenvalue weighted by Crippen LogP contribution is -2.36. The van der Waals surface area contributed by atoms with E-state index in [9.17, 15) is 22.8 Å². The fourth-order valence-corrected chi connectivity index (χ4v) is 2.41. The van der Waals surface area contributed by atoms with Crippen LogP contribution in [0.1, 0.15) is 25.0 Å². The molecule has 0 heterocycles. The van der Waals surface area contributed by atoms with Gasteiger partial charge in [0.25, 0.3) is 0 Å². The van der Waals surface area contributed by atoms with Crippen LogP contribution in [0.4, 0.5) is 24.5 Å². The third-order valence-corrected chi connectivity index (χ3v) is 3.81. The van der Waals surface area contributed by atoms with Crippen molar-refractivity contribution >= 4 is 23.2 Å². The maximum absolute atomic E-state index is 12.7. The second-order valence-corrected chi connectivity index (χ2v) is 5.75. The predicted molar refractivity (Wildman–Crippen MR) is 93.9 cm³/mol. The predicted octanol–water partition coefficient (Wildman–Crippen LogP) is 4.26. The maximum Gasteiger partial charge on any atom is 0.416 e. The van der Waals surface area contributed by atoms with Crippen molar-refractivity contribution in [1.82, 2.24) is 0 Å². The third kappa shape index (κ3) is 5.08. The van der Waals surface area contributed by atoms with Crippen LogP contribution in [-0.2, 0) is 22.2 Å². The van der Waals surface area contributed by atoms with E-state index in [-0.39, 0.29) is 18.1 Å². The number of anilines is 2. The van der Waals surface area contributed by atoms with E-state index < -0.39 is 17.6 Å². The Morgan fingerprint density at radius 3 is 2.27 bits per heavy atom. The Morgan fingerprint density at radius 2 is 1.73 bits per heavy atom. The average Bonchev–Trinajstić information content (AvgIpc) is 2.59. The lowest BCUT2D eigenvalue weighted by atomic mass is 10.1. The Morgan fingerprint density at radius 1 is 1.08 bits per heavy atom. The molecule has 0 radical (unpaired) electrons. The van der Waals surface area contributed by atoms with Gasteiger partial charge in [-0.1, -0.05) is 25.1 Å². The monoisotopic (exact) mass is 364 g/mol. The van der Waals surface area contributed by atoms with Gasteiger partial charge in [0, 0.05) is 18.3 Å². The Hall–Kier alpha value is -2.83. The minimum absolute atomic E-state index is 0.0228. The molecule has 0 spiro atoms. The van der Waals surface area contributed by atoms with Gasteiger partial charge in [0.1, 0.15) is 6.54 Å². The number of rotatable bonds is 5. The number of hydrogen-bond donors (Lipinski definition) is 1. The van der Waals surface area contributed by atoms with Gasteiger partial charge in [0.15, 0.2) is 0 Å². The van der Waals surface area contributed by atoms with Crippen molar-refractivity contribution in [3.05, 3.63) is 59.7 Å². The van der Waals surface area contributed by atoms with Gasteiger partial charge < -0.3 is 10.2 Å². The molecule has 0 atom stereocenters. The normalized spacial score (nSPS) is 11.1. The van der Waals surface area contributed by atoms with Crippen LogP contribution in [-0.4, -0.2) is 18.4 Å². The summed E-state index contributed by atoms with van der Waals surface area (Å²) in [5.41, 5.74) is 0.808. The molecule has 4 nitrogen and oxygen atoms in total. The molecule has 2 rings (SSSR count). The van der Waals surface area contributed by atoms with Crippen LogP contribution in [0.25, 0.3) is 0 Å². The first-order valence-electron chi connectivity index (χ1n) is 8.05. The Labute approximate surface area is 149 Å². The van der Waals surface area contributed by atoms with Crippen LogP contribution >= 0.6 is 0 Å². The summed E-state index contributed by atoms with van der Waals surface area (Å²) in [6.07, 6.45) is -3.65. The van der Waals surface area contributed by atoms with Crippen molar-refractivity contribution in [2.24, 2.45) is 0 Å². The molecule has 0 aliphatic carbocycles. The molecular formula is C19H19F3N2O2. The molecule has 0 aliphatic rings. The minimum Gasteiger partial charge on any atom is -0.325 e. The number of nitrogens with zero attached hydrogens (tertiary/aromatic N) is 1. The second-order valence-electron chi connectivity index (χ2n) is 5.75. The number of hydrogen-bond acceptors (Lipinski definition) is 2. The first-order valence-corrected chi connectivity index (χ1v) is 8.05. The van der Waals surface area contributed by atoms with E-state index in [0.29, 0.717) is 5.69 Å². The van der Waals surface area contributed by atoms with Crippen LogP contribution in [0, 0.1) is 0 Å². The van der Waals surface area contributed by atoms with Crippen molar-refractivity contribution in [3.8, 4) is 0 Å². The molecule has 26 heavy (non-hydrogen) atoms. The number of halogens is 3. The van der Waals surface area contributed by atoms with E-state index in [0.717, 1.165) is 24.1 Å². The van der Waals surface area contributed by atoms with Gasteiger partial charge in [-0.2, -0.15) is 13.2 Å². The van der Waals surface area contributed by atoms with Gasteiger partial charge in [-0.25, -0.2) is 0 Å². The summed E-state index contributed by atoms with van der Waals surface area (Å²) in [5.74, 6) is -0.924. The van der Waals surface area contributed by atoms with Crippen LogP contribution in [0.2, 0.25) is 0 Å². The number of carbonyl (C=O) groups is 2. The first kappa shape index (κ1) is 19.5. The summed E-state index contributed by atoms with van der Waals surface area (Å²) in [7, 11) is 0. The van der Waals surface area contributed by atoms with Crippen LogP contribution in [0.5, 0.6) is 0 Å². The van der Waals surface area contributed by atoms with E-state index >= 15 is 0 Å². The zero-order valence-corrected chi connectivity index (χ0v) is 14.4. The van der Waals surface area contributed by atoms with Gasteiger partial charge in [0.2, 0.25) is 11.8 Å². The number of amides is 2. The smallest absolute Gasteiger partial charge is 0.325 e. The van der Waals surface area contributed by atoms with E-state index in [2.05, 4.69) is 5.32 Å². The zero-order chi connectivity index (χ0) is 19.3. The van der Waals surface area contributed by atoms with Crippen molar-refractivity contribution in [2.45, 2.75) is 26.4 Å². The van der Waals surface area contributed by atoms with Gasteiger partial charge in [-0.05, 0) is 42.3 Å². The fraction of sp³-hybridized carbons (Fsp3) is 0.263. The standard InChI is InChI=1S/C19H19F3N2O2/c1-3-14-7-9-17(10-8-14)24(13(2)25)12-18(26)23-16-6-4-5-15(11-16)19(20,21)22/h4-11H,3,12H2,1-2H3,(H,23,26). The highest BCUT2D eigenvalue weighted by molar-refractivity contribution is 6.01. The van der Waals surface area contributed by atoms with Crippen molar-refractivity contribution in [3.63, 3.8) is 0 Å². The van der Waals surface area contributed by atoms with E-state index in [1.165, 1.54) is 24.0 Å². The summed E-state index contributed by atoms with van der Waals surface area (Å²) in [6, 6.07) is 11.5. The van der Waals surface area contributed by atoms with E-state index in [1.807, 2.05) is 19.1 Å². The van der Waals surface area contributed by atoms with Crippen LogP contribution in [0.3, 0.4) is 0 Å². The lowest BCUT2D eigenvalue weighted by Gasteiger charge is -2.21. The first-order chi connectivity index (χ1) is 12.2. The summed E-state index contributed by atoms with van der Waals surface area (Å²) in [5, 5.41) is 2.40. The Bertz CT molecular complexity index is 786. The summed E-state index contributed by atoms with van der Waals surface area (Å²) >= 11 is 0. The summed E-state index contributed by atoms with van der Waals surface area (Å²) < 4.78 is 38.2. The fourth-order valence-electron chi connectivity index (χ4n) is 2.41. The highest BCUT2D eigenvalue weighted by atomic mass is 19.4. The highest BCUT2D eigenvalue weighted by Gasteiger charge is 2.30. The molecule has 2 aromatic carbocycles. The molecule has 138 valence electrons. The lowest BCUT2D eigenvalue weighted by molar-refractivity contribution is -0.137. The maximum atomic E-state index is 12.7. The highest BCUT2D eigenvalue weighted by Crippen LogP contribution is 2.30. The average molecular weight is 364 g/mol. The third-order valence-electron chi connectivity index (χ3n) is 3.81. The van der Waals surface area contributed by atoms with Gasteiger partial charge in [-0.15, -0.1) is 0 Å². The second kappa shape index (κ2) is 8.03. The SMILES string of the molecule is CCc1ccc(N(CC(=O)Nc2cccc(C(F)(F)F)c2)C(C)=O)cc1. The molecule has 0 fully saturated rings. The summed E-state index contributed by atoms with van der Waals surface area (Å²) in [4.78, 5) is 25.3. The van der Waals surface area contributed by atoms with Gasteiger partial charge in [0.05, 0.1) is 5.56 Å². The minimum atomic E-state index is -4.49. The molecule has 0 aromatic heterocycles. The molecule has 2 amide bonds. The molecule has 0 saturated carbocycles. The molecule has 7 heteroatoms. The zero-order valence-electron chi connectivity index (χ0n) is 14.4. The van der Waals surface area contributed by atoms with Gasteiger partial charge in [-0.3, -0.25) is 9.59 Å². The van der Waals surface area contributed by atoms with E-state index in [1.54, 1.807) is 12.1 Å². The number of benzene rings is 2. The summed E-state index contributed by atoms with van der Waals surface area (Å²) in [6.45, 7) is 3.03. The topological polar surface area (TPSA) is 49.4 Å². The molecule has 0 aliphatic heterocycles. The number of nitrogens with one attached hydrogen (secondary N) is 1. The molecular weight excluding hydrogens is 345 g/mol. The quantitative estimate of drug-likeness (QED) is 0.862. The number of carbonyl (C=O) groups excluding carboxylic acids is 2. The molecule has 0 unspecified atom stereocenters. The van der Waals surface area contributed by atoms with Crippen LogP contribution < -0.4 is 10.2 Å². The molecule has 1 N–H and O–H groups in total.